The third-order valence-electron chi connectivity index (χ3n) is 4.98. The second-order valence-corrected chi connectivity index (χ2v) is 8.78. The third kappa shape index (κ3) is 2.34. The van der Waals surface area contributed by atoms with Crippen molar-refractivity contribution in [3.63, 3.8) is 0 Å². The van der Waals surface area contributed by atoms with Gasteiger partial charge in [0.1, 0.15) is 5.82 Å². The minimum atomic E-state index is -2.95. The number of amides is 1. The Hall–Kier alpha value is -1.89. The highest BCUT2D eigenvalue weighted by Crippen LogP contribution is 2.34. The maximum atomic E-state index is 13.5. The van der Waals surface area contributed by atoms with Crippen molar-refractivity contribution in [1.29, 1.82) is 0 Å². The molecule has 4 rings (SSSR count). The van der Waals surface area contributed by atoms with E-state index < -0.39 is 9.84 Å². The van der Waals surface area contributed by atoms with Gasteiger partial charge in [-0.25, -0.2) is 12.8 Å². The maximum absolute atomic E-state index is 13.5. The molecule has 0 unspecified atom stereocenters. The van der Waals surface area contributed by atoms with Crippen molar-refractivity contribution in [3.05, 3.63) is 35.8 Å². The molecule has 1 aromatic heterocycles. The molecule has 0 N–H and O–H groups in total. The molecule has 0 aliphatic carbocycles. The van der Waals surface area contributed by atoms with E-state index in [1.807, 2.05) is 11.6 Å². The van der Waals surface area contributed by atoms with Crippen LogP contribution in [0.1, 0.15) is 10.4 Å². The van der Waals surface area contributed by atoms with Gasteiger partial charge >= 0.3 is 0 Å². The van der Waals surface area contributed by atoms with Crippen LogP contribution in [0, 0.1) is 17.7 Å². The van der Waals surface area contributed by atoms with Gasteiger partial charge in [-0.05, 0) is 30.0 Å². The smallest absolute Gasteiger partial charge is 0.256 e. The summed E-state index contributed by atoms with van der Waals surface area (Å²) in [5.74, 6) is -0.0986. The summed E-state index contributed by atoms with van der Waals surface area (Å²) < 4.78 is 38.7. The van der Waals surface area contributed by atoms with Gasteiger partial charge in [-0.1, -0.05) is 0 Å². The van der Waals surface area contributed by atoms with E-state index in [1.54, 1.807) is 17.2 Å². The molecule has 2 atom stereocenters. The second-order valence-electron chi connectivity index (χ2n) is 6.62. The summed E-state index contributed by atoms with van der Waals surface area (Å²) in [6.07, 6.45) is 1.72. The molecule has 0 saturated carbocycles. The Morgan fingerprint density at radius 3 is 2.52 bits per heavy atom. The molecule has 0 spiro atoms. The standard InChI is InChI=1S/C16H17FN2O3S/c1-18-7-14(13-4-12(17)2-3-15(13)18)16(20)19-5-10-8-23(21,22)9-11(10)6-19/h2-4,7,10-11H,5-6,8-9H2,1H3/t10-,11+. The largest absolute Gasteiger partial charge is 0.350 e. The zero-order valence-corrected chi connectivity index (χ0v) is 13.5. The fraction of sp³-hybridized carbons (Fsp3) is 0.438. The summed E-state index contributed by atoms with van der Waals surface area (Å²) in [6, 6.07) is 4.42. The van der Waals surface area contributed by atoms with Crippen molar-refractivity contribution < 1.29 is 17.6 Å². The molecule has 23 heavy (non-hydrogen) atoms. The topological polar surface area (TPSA) is 59.4 Å². The quantitative estimate of drug-likeness (QED) is 0.792. The van der Waals surface area contributed by atoms with Crippen LogP contribution in [0.5, 0.6) is 0 Å². The summed E-state index contributed by atoms with van der Waals surface area (Å²) in [5, 5.41) is 0.599. The Morgan fingerprint density at radius 1 is 1.22 bits per heavy atom. The van der Waals surface area contributed by atoms with E-state index in [0.29, 0.717) is 24.0 Å². The molecule has 0 radical (unpaired) electrons. The summed E-state index contributed by atoms with van der Waals surface area (Å²) in [7, 11) is -1.13. The SMILES string of the molecule is Cn1cc(C(=O)N2C[C@@H]3CS(=O)(=O)C[C@@H]3C2)c2cc(F)ccc21. The summed E-state index contributed by atoms with van der Waals surface area (Å²) in [6.45, 7) is 0.933. The van der Waals surface area contributed by atoms with E-state index >= 15 is 0 Å². The lowest BCUT2D eigenvalue weighted by atomic mass is 10.0. The van der Waals surface area contributed by atoms with Crippen LogP contribution in [-0.4, -0.2) is 48.4 Å². The minimum absolute atomic E-state index is 0.0377. The Balaban J connectivity index is 1.65. The lowest BCUT2D eigenvalue weighted by Gasteiger charge is -2.16. The van der Waals surface area contributed by atoms with Crippen LogP contribution >= 0.6 is 0 Å². The van der Waals surface area contributed by atoms with Crippen LogP contribution in [0.4, 0.5) is 4.39 Å². The van der Waals surface area contributed by atoms with Crippen molar-refractivity contribution in [2.75, 3.05) is 24.6 Å². The molecule has 2 aromatic rings. The van der Waals surface area contributed by atoms with E-state index in [-0.39, 0.29) is 35.1 Å². The van der Waals surface area contributed by atoms with Gasteiger partial charge in [0.05, 0.1) is 17.1 Å². The van der Waals surface area contributed by atoms with E-state index in [4.69, 9.17) is 0 Å². The Bertz CT molecular complexity index is 899. The monoisotopic (exact) mass is 336 g/mol. The van der Waals surface area contributed by atoms with Crippen molar-refractivity contribution in [3.8, 4) is 0 Å². The highest BCUT2D eigenvalue weighted by atomic mass is 32.2. The number of fused-ring (bicyclic) bond motifs is 2. The molecule has 122 valence electrons. The summed E-state index contributed by atoms with van der Waals surface area (Å²) >= 11 is 0. The minimum Gasteiger partial charge on any atom is -0.350 e. The zero-order chi connectivity index (χ0) is 16.4. The number of halogens is 1. The van der Waals surface area contributed by atoms with Gasteiger partial charge < -0.3 is 9.47 Å². The Labute approximate surface area is 133 Å². The Morgan fingerprint density at radius 2 is 1.87 bits per heavy atom. The van der Waals surface area contributed by atoms with Gasteiger partial charge in [-0.3, -0.25) is 4.79 Å². The number of carbonyl (C=O) groups excluding carboxylic acids is 1. The molecular formula is C16H17FN2O3S. The number of carbonyl (C=O) groups is 1. The molecule has 1 amide bonds. The van der Waals surface area contributed by atoms with Crippen LogP contribution in [0.3, 0.4) is 0 Å². The number of aromatic nitrogens is 1. The van der Waals surface area contributed by atoms with Gasteiger partial charge in [0.15, 0.2) is 9.84 Å². The van der Waals surface area contributed by atoms with E-state index in [0.717, 1.165) is 5.52 Å². The molecule has 1 aromatic carbocycles. The first kappa shape index (κ1) is 14.7. The Kier molecular flexibility index (Phi) is 3.07. The average molecular weight is 336 g/mol. The fourth-order valence-corrected chi connectivity index (χ4v) is 6.10. The number of sulfone groups is 1. The van der Waals surface area contributed by atoms with Crippen LogP contribution in [0.25, 0.3) is 10.9 Å². The first-order chi connectivity index (χ1) is 10.8. The predicted octanol–water partition coefficient (Wildman–Crippen LogP) is 1.43. The van der Waals surface area contributed by atoms with Gasteiger partial charge in [-0.2, -0.15) is 0 Å². The molecule has 7 heteroatoms. The van der Waals surface area contributed by atoms with Gasteiger partial charge in [0.25, 0.3) is 5.91 Å². The van der Waals surface area contributed by atoms with Crippen LogP contribution < -0.4 is 0 Å². The van der Waals surface area contributed by atoms with Gasteiger partial charge in [0.2, 0.25) is 0 Å². The second kappa shape index (κ2) is 4.80. The van der Waals surface area contributed by atoms with Gasteiger partial charge in [0, 0.05) is 37.2 Å². The molecule has 2 aliphatic rings. The number of nitrogens with zero attached hydrogens (tertiary/aromatic N) is 2. The predicted molar refractivity (Wildman–Crippen MR) is 84.4 cm³/mol. The highest BCUT2D eigenvalue weighted by Gasteiger charge is 2.45. The maximum Gasteiger partial charge on any atom is 0.256 e. The van der Waals surface area contributed by atoms with E-state index in [2.05, 4.69) is 0 Å². The molecule has 2 fully saturated rings. The molecule has 0 bridgehead atoms. The first-order valence-electron chi connectivity index (χ1n) is 7.58. The lowest BCUT2D eigenvalue weighted by Crippen LogP contribution is -2.31. The molecular weight excluding hydrogens is 319 g/mol. The van der Waals surface area contributed by atoms with Crippen LogP contribution in [0.15, 0.2) is 24.4 Å². The van der Waals surface area contributed by atoms with Crippen LogP contribution in [-0.2, 0) is 16.9 Å². The molecule has 5 nitrogen and oxygen atoms in total. The zero-order valence-electron chi connectivity index (χ0n) is 12.7. The molecule has 2 aliphatic heterocycles. The number of likely N-dealkylation sites (tertiary alicyclic amines) is 1. The van der Waals surface area contributed by atoms with E-state index in [1.165, 1.54) is 12.1 Å². The van der Waals surface area contributed by atoms with Crippen molar-refractivity contribution in [2.24, 2.45) is 18.9 Å². The van der Waals surface area contributed by atoms with Crippen molar-refractivity contribution in [2.45, 2.75) is 0 Å². The number of hydrogen-bond acceptors (Lipinski definition) is 3. The van der Waals surface area contributed by atoms with Crippen molar-refractivity contribution >= 4 is 26.6 Å². The number of rotatable bonds is 1. The number of benzene rings is 1. The third-order valence-corrected chi connectivity index (χ3v) is 6.85. The fourth-order valence-electron chi connectivity index (χ4n) is 3.91. The average Bonchev–Trinajstić information content (AvgIpc) is 3.07. The lowest BCUT2D eigenvalue weighted by molar-refractivity contribution is 0.0786. The van der Waals surface area contributed by atoms with Gasteiger partial charge in [-0.15, -0.1) is 0 Å². The number of aryl methyl sites for hydroxylation is 1. The number of hydrogen-bond donors (Lipinski definition) is 0. The molecule has 2 saturated heterocycles. The van der Waals surface area contributed by atoms with Crippen LogP contribution in [0.2, 0.25) is 0 Å². The van der Waals surface area contributed by atoms with E-state index in [9.17, 15) is 17.6 Å². The molecule has 3 heterocycles. The van der Waals surface area contributed by atoms with Crippen molar-refractivity contribution in [1.82, 2.24) is 9.47 Å². The first-order valence-corrected chi connectivity index (χ1v) is 9.40. The summed E-state index contributed by atoms with van der Waals surface area (Å²) in [5.41, 5.74) is 1.28. The summed E-state index contributed by atoms with van der Waals surface area (Å²) in [4.78, 5) is 14.5. The highest BCUT2D eigenvalue weighted by molar-refractivity contribution is 7.91. The normalized spacial score (nSPS) is 25.9.